The van der Waals surface area contributed by atoms with Crippen LogP contribution in [-0.4, -0.2) is 24.9 Å². The molecule has 4 heterocycles. The van der Waals surface area contributed by atoms with Crippen molar-refractivity contribution in [1.82, 2.24) is 24.9 Å². The third-order valence-corrected chi connectivity index (χ3v) is 4.98. The minimum absolute atomic E-state index is 0.535. The molecule has 0 radical (unpaired) electrons. The molecule has 4 aromatic rings. The van der Waals surface area contributed by atoms with Gasteiger partial charge in [-0.15, -0.1) is 10.2 Å². The van der Waals surface area contributed by atoms with E-state index in [9.17, 15) is 0 Å². The Hall–Kier alpha value is -2.39. The molecule has 24 heavy (non-hydrogen) atoms. The van der Waals surface area contributed by atoms with E-state index in [1.54, 1.807) is 17.6 Å². The Labute approximate surface area is 145 Å². The minimum Gasteiger partial charge on any atom is -0.461 e. The van der Waals surface area contributed by atoms with Crippen LogP contribution in [0.5, 0.6) is 0 Å². The van der Waals surface area contributed by atoms with Crippen molar-refractivity contribution in [2.75, 3.05) is 0 Å². The van der Waals surface area contributed by atoms with Crippen LogP contribution < -0.4 is 0 Å². The molecule has 4 rings (SSSR count). The lowest BCUT2D eigenvalue weighted by molar-refractivity contribution is 0.391. The first-order valence-corrected chi connectivity index (χ1v) is 9.23. The van der Waals surface area contributed by atoms with E-state index < -0.39 is 0 Å². The lowest BCUT2D eigenvalue weighted by Crippen LogP contribution is -1.99. The Balaban J connectivity index is 1.50. The standard InChI is InChI=1S/C15H13N5O2S2/c1-2-20-14(11-4-3-6-21-11)17-18-15(20)24-9-12-16-13(19-22-12)10-5-7-23-8-10/h3-8H,2,9H2,1H3. The zero-order valence-electron chi connectivity index (χ0n) is 12.7. The maximum absolute atomic E-state index is 5.41. The molecule has 9 heteroatoms. The van der Waals surface area contributed by atoms with Crippen LogP contribution >= 0.6 is 23.1 Å². The molecule has 0 aliphatic heterocycles. The second kappa shape index (κ2) is 6.62. The van der Waals surface area contributed by atoms with Crippen molar-refractivity contribution in [3.05, 3.63) is 41.1 Å². The molecule has 0 bridgehead atoms. The minimum atomic E-state index is 0.535. The smallest absolute Gasteiger partial charge is 0.237 e. The highest BCUT2D eigenvalue weighted by Gasteiger charge is 2.16. The predicted octanol–water partition coefficient (Wildman–Crippen LogP) is 3.96. The normalized spacial score (nSPS) is 11.2. The molecule has 0 spiro atoms. The van der Waals surface area contributed by atoms with Crippen LogP contribution in [0.3, 0.4) is 0 Å². The molecule has 4 aromatic heterocycles. The SMILES string of the molecule is CCn1c(SCc2nc(-c3ccsc3)no2)nnc1-c1ccco1. The Morgan fingerprint density at radius 3 is 3.00 bits per heavy atom. The molecule has 122 valence electrons. The quantitative estimate of drug-likeness (QED) is 0.482. The topological polar surface area (TPSA) is 82.8 Å². The van der Waals surface area contributed by atoms with Crippen LogP contribution in [0.2, 0.25) is 0 Å². The number of hydrogen-bond donors (Lipinski definition) is 0. The number of rotatable bonds is 6. The summed E-state index contributed by atoms with van der Waals surface area (Å²) in [5.41, 5.74) is 0.969. The van der Waals surface area contributed by atoms with Crippen LogP contribution in [0.1, 0.15) is 12.8 Å². The van der Waals surface area contributed by atoms with Gasteiger partial charge in [0, 0.05) is 17.5 Å². The van der Waals surface area contributed by atoms with E-state index in [1.165, 1.54) is 11.8 Å². The van der Waals surface area contributed by atoms with Gasteiger partial charge in [0.1, 0.15) is 0 Å². The van der Waals surface area contributed by atoms with E-state index >= 15 is 0 Å². The largest absolute Gasteiger partial charge is 0.461 e. The van der Waals surface area contributed by atoms with Crippen LogP contribution in [-0.2, 0) is 12.3 Å². The number of hydrogen-bond acceptors (Lipinski definition) is 8. The second-order valence-electron chi connectivity index (χ2n) is 4.84. The van der Waals surface area contributed by atoms with Gasteiger partial charge in [0.15, 0.2) is 16.7 Å². The molecule has 0 aromatic carbocycles. The van der Waals surface area contributed by atoms with E-state index in [2.05, 4.69) is 20.3 Å². The summed E-state index contributed by atoms with van der Waals surface area (Å²) in [5.74, 6) is 3.13. The van der Waals surface area contributed by atoms with Crippen LogP contribution in [0.4, 0.5) is 0 Å². The van der Waals surface area contributed by atoms with Gasteiger partial charge in [-0.2, -0.15) is 16.3 Å². The summed E-state index contributed by atoms with van der Waals surface area (Å²) in [6.07, 6.45) is 1.63. The number of thiophene rings is 1. The monoisotopic (exact) mass is 359 g/mol. The van der Waals surface area contributed by atoms with Crippen molar-refractivity contribution >= 4 is 23.1 Å². The molecule has 0 aliphatic rings. The average molecular weight is 359 g/mol. The maximum atomic E-state index is 5.41. The molecule has 0 amide bonds. The van der Waals surface area contributed by atoms with Gasteiger partial charge in [0.25, 0.3) is 0 Å². The highest BCUT2D eigenvalue weighted by molar-refractivity contribution is 7.98. The number of thioether (sulfide) groups is 1. The van der Waals surface area contributed by atoms with Crippen LogP contribution in [0, 0.1) is 0 Å². The first kappa shape index (κ1) is 15.2. The predicted molar refractivity (Wildman–Crippen MR) is 90.6 cm³/mol. The van der Waals surface area contributed by atoms with Crippen molar-refractivity contribution < 1.29 is 8.94 Å². The zero-order chi connectivity index (χ0) is 16.4. The lowest BCUT2D eigenvalue weighted by atomic mass is 10.3. The summed E-state index contributed by atoms with van der Waals surface area (Å²) in [6.45, 7) is 2.79. The van der Waals surface area contributed by atoms with Crippen molar-refractivity contribution in [2.45, 2.75) is 24.4 Å². The number of aromatic nitrogens is 5. The van der Waals surface area contributed by atoms with Gasteiger partial charge in [-0.3, -0.25) is 4.57 Å². The van der Waals surface area contributed by atoms with Gasteiger partial charge in [0.05, 0.1) is 12.0 Å². The van der Waals surface area contributed by atoms with Crippen molar-refractivity contribution in [2.24, 2.45) is 0 Å². The Bertz CT molecular complexity index is 912. The van der Waals surface area contributed by atoms with E-state index in [4.69, 9.17) is 8.94 Å². The fourth-order valence-corrected chi connectivity index (χ4v) is 3.69. The third kappa shape index (κ3) is 2.87. The van der Waals surface area contributed by atoms with Gasteiger partial charge in [-0.1, -0.05) is 16.9 Å². The van der Waals surface area contributed by atoms with Gasteiger partial charge >= 0.3 is 0 Å². The summed E-state index contributed by atoms with van der Waals surface area (Å²) in [4.78, 5) is 4.41. The Morgan fingerprint density at radius 1 is 1.29 bits per heavy atom. The van der Waals surface area contributed by atoms with Crippen molar-refractivity contribution in [3.63, 3.8) is 0 Å². The van der Waals surface area contributed by atoms with Crippen LogP contribution in [0.25, 0.3) is 23.0 Å². The number of nitrogens with zero attached hydrogens (tertiary/aromatic N) is 5. The summed E-state index contributed by atoms with van der Waals surface area (Å²) in [5, 5.41) is 17.2. The molecule has 0 fully saturated rings. The first-order valence-electron chi connectivity index (χ1n) is 7.30. The van der Waals surface area contributed by atoms with E-state index in [1.807, 2.05) is 40.5 Å². The van der Waals surface area contributed by atoms with Gasteiger partial charge in [0.2, 0.25) is 11.7 Å². The molecule has 0 aliphatic carbocycles. The average Bonchev–Trinajstić information content (AvgIpc) is 3.40. The molecule has 0 N–H and O–H groups in total. The molecule has 0 saturated carbocycles. The molecule has 7 nitrogen and oxygen atoms in total. The lowest BCUT2D eigenvalue weighted by Gasteiger charge is -2.04. The molecule has 0 unspecified atom stereocenters. The molecular formula is C15H13N5O2S2. The van der Waals surface area contributed by atoms with E-state index in [-0.39, 0.29) is 0 Å². The summed E-state index contributed by atoms with van der Waals surface area (Å²) in [7, 11) is 0. The molecular weight excluding hydrogens is 346 g/mol. The maximum Gasteiger partial charge on any atom is 0.237 e. The van der Waals surface area contributed by atoms with Gasteiger partial charge < -0.3 is 8.94 Å². The Morgan fingerprint density at radius 2 is 2.25 bits per heavy atom. The van der Waals surface area contributed by atoms with E-state index in [0.717, 1.165) is 23.1 Å². The third-order valence-electron chi connectivity index (χ3n) is 3.35. The summed E-state index contributed by atoms with van der Waals surface area (Å²) >= 11 is 3.11. The molecule has 0 atom stereocenters. The van der Waals surface area contributed by atoms with Crippen molar-refractivity contribution in [3.8, 4) is 23.0 Å². The first-order chi connectivity index (χ1) is 11.8. The summed E-state index contributed by atoms with van der Waals surface area (Å²) < 4.78 is 12.7. The van der Waals surface area contributed by atoms with E-state index in [0.29, 0.717) is 23.2 Å². The Kier molecular flexibility index (Phi) is 4.18. The zero-order valence-corrected chi connectivity index (χ0v) is 14.4. The fraction of sp³-hybridized carbons (Fsp3) is 0.200. The highest BCUT2D eigenvalue weighted by atomic mass is 32.2. The number of furan rings is 1. The fourth-order valence-electron chi connectivity index (χ4n) is 2.22. The van der Waals surface area contributed by atoms with Gasteiger partial charge in [-0.05, 0) is 30.5 Å². The highest BCUT2D eigenvalue weighted by Crippen LogP contribution is 2.27. The van der Waals surface area contributed by atoms with Crippen molar-refractivity contribution in [1.29, 1.82) is 0 Å². The molecule has 0 saturated heterocycles. The summed E-state index contributed by atoms with van der Waals surface area (Å²) in [6, 6.07) is 5.67. The van der Waals surface area contributed by atoms with Crippen LogP contribution in [0.15, 0.2) is 49.3 Å². The second-order valence-corrected chi connectivity index (χ2v) is 6.56. The van der Waals surface area contributed by atoms with Gasteiger partial charge in [-0.25, -0.2) is 0 Å².